The van der Waals surface area contributed by atoms with Crippen molar-refractivity contribution in [1.29, 1.82) is 0 Å². The van der Waals surface area contributed by atoms with Gasteiger partial charge in [-0.25, -0.2) is 0 Å². The van der Waals surface area contributed by atoms with Gasteiger partial charge in [-0.15, -0.1) is 0 Å². The maximum Gasteiger partial charge on any atom is 0.310 e. The molecule has 1 aliphatic heterocycles. The second-order valence-corrected chi connectivity index (χ2v) is 6.94. The van der Waals surface area contributed by atoms with Gasteiger partial charge < -0.3 is 9.47 Å². The van der Waals surface area contributed by atoms with Crippen molar-refractivity contribution in [2.24, 2.45) is 23.7 Å². The number of hydrogen-bond acceptors (Lipinski definition) is 3. The summed E-state index contributed by atoms with van der Waals surface area (Å²) in [6, 6.07) is 7.79. The van der Waals surface area contributed by atoms with Crippen LogP contribution in [-0.4, -0.2) is 12.6 Å². The van der Waals surface area contributed by atoms with E-state index >= 15 is 0 Å². The number of fused-ring (bicyclic) bond motifs is 2. The summed E-state index contributed by atoms with van der Waals surface area (Å²) < 4.78 is 11.8. The first-order valence-electron chi connectivity index (χ1n) is 8.62. The van der Waals surface area contributed by atoms with Gasteiger partial charge in [0.1, 0.15) is 5.75 Å². The zero-order valence-corrected chi connectivity index (χ0v) is 14.4. The molecule has 23 heavy (non-hydrogen) atoms. The Morgan fingerprint density at radius 1 is 1.30 bits per heavy atom. The summed E-state index contributed by atoms with van der Waals surface area (Å²) >= 11 is 0. The number of hydrogen-bond donors (Lipinski definition) is 0. The molecule has 5 atom stereocenters. The van der Waals surface area contributed by atoms with Crippen LogP contribution in [0.3, 0.4) is 0 Å². The average Bonchev–Trinajstić information content (AvgIpc) is 2.53. The standard InChI is InChI=1S/C20H26O3/c1-5-18(21)23-17-9-7-6-8-15(17)20-19-13(3)10-12(2)16(11-22-20)14(19)4/h6-10,12,14,16,19-20H,5,11H2,1-4H3/t12-,14-,16-,19+,20-/m0/s1. The Morgan fingerprint density at radius 3 is 2.78 bits per heavy atom. The molecule has 1 fully saturated rings. The zero-order valence-electron chi connectivity index (χ0n) is 14.4. The molecule has 2 bridgehead atoms. The van der Waals surface area contributed by atoms with E-state index in [9.17, 15) is 4.79 Å². The lowest BCUT2D eigenvalue weighted by Crippen LogP contribution is -2.42. The van der Waals surface area contributed by atoms with Gasteiger partial charge in [-0.3, -0.25) is 4.79 Å². The molecule has 1 saturated heterocycles. The molecular weight excluding hydrogens is 288 g/mol. The van der Waals surface area contributed by atoms with E-state index in [4.69, 9.17) is 9.47 Å². The fraction of sp³-hybridized carbons (Fsp3) is 0.550. The van der Waals surface area contributed by atoms with E-state index in [1.807, 2.05) is 31.2 Å². The van der Waals surface area contributed by atoms with E-state index in [1.165, 1.54) is 5.57 Å². The number of rotatable bonds is 3. The van der Waals surface area contributed by atoms with Crippen LogP contribution in [-0.2, 0) is 9.53 Å². The Labute approximate surface area is 138 Å². The fourth-order valence-corrected chi connectivity index (χ4v) is 4.23. The number of ether oxygens (including phenoxy) is 2. The zero-order chi connectivity index (χ0) is 16.6. The highest BCUT2D eigenvalue weighted by Gasteiger charge is 2.44. The van der Waals surface area contributed by atoms with E-state index in [0.717, 1.165) is 12.2 Å². The van der Waals surface area contributed by atoms with Gasteiger partial charge >= 0.3 is 5.97 Å². The summed E-state index contributed by atoms with van der Waals surface area (Å²) in [6.07, 6.45) is 2.73. The van der Waals surface area contributed by atoms with Gasteiger partial charge in [0.15, 0.2) is 0 Å². The smallest absolute Gasteiger partial charge is 0.310 e. The van der Waals surface area contributed by atoms with Crippen LogP contribution in [0.1, 0.15) is 45.8 Å². The Balaban J connectivity index is 1.96. The van der Waals surface area contributed by atoms with Crippen LogP contribution in [0.5, 0.6) is 5.75 Å². The Morgan fingerprint density at radius 2 is 2.04 bits per heavy atom. The highest BCUT2D eigenvalue weighted by Crippen LogP contribution is 2.50. The molecule has 0 aromatic heterocycles. The van der Waals surface area contributed by atoms with Gasteiger partial charge in [-0.05, 0) is 30.7 Å². The van der Waals surface area contributed by atoms with E-state index < -0.39 is 0 Å². The molecule has 1 aliphatic carbocycles. The third kappa shape index (κ3) is 2.94. The molecule has 1 heterocycles. The molecule has 0 amide bonds. The minimum absolute atomic E-state index is 0.0362. The fourth-order valence-electron chi connectivity index (χ4n) is 4.23. The molecule has 0 spiro atoms. The Kier molecular flexibility index (Phi) is 4.58. The lowest BCUT2D eigenvalue weighted by molar-refractivity contribution is -0.134. The summed E-state index contributed by atoms with van der Waals surface area (Å²) in [5.41, 5.74) is 2.38. The van der Waals surface area contributed by atoms with Crippen LogP contribution in [0.25, 0.3) is 0 Å². The number of para-hydroxylation sites is 1. The van der Waals surface area contributed by atoms with Gasteiger partial charge in [0, 0.05) is 17.9 Å². The monoisotopic (exact) mass is 314 g/mol. The van der Waals surface area contributed by atoms with Gasteiger partial charge in [0.05, 0.1) is 12.7 Å². The topological polar surface area (TPSA) is 35.5 Å². The molecule has 0 saturated carbocycles. The molecule has 3 heteroatoms. The molecular formula is C20H26O3. The molecule has 1 aromatic rings. The molecule has 0 unspecified atom stereocenters. The largest absolute Gasteiger partial charge is 0.426 e. The minimum Gasteiger partial charge on any atom is -0.426 e. The minimum atomic E-state index is -0.205. The number of carbonyl (C=O) groups excluding carboxylic acids is 1. The second kappa shape index (κ2) is 6.48. The number of esters is 1. The lowest BCUT2D eigenvalue weighted by atomic mass is 9.64. The van der Waals surface area contributed by atoms with Gasteiger partial charge in [0.2, 0.25) is 0 Å². The predicted molar refractivity (Wildman–Crippen MR) is 90.1 cm³/mol. The first kappa shape index (κ1) is 16.3. The van der Waals surface area contributed by atoms with Crippen molar-refractivity contribution in [1.82, 2.24) is 0 Å². The predicted octanol–water partition coefficient (Wildman–Crippen LogP) is 4.54. The third-order valence-electron chi connectivity index (χ3n) is 5.50. The number of allylic oxidation sites excluding steroid dienone is 1. The molecule has 0 N–H and O–H groups in total. The van der Waals surface area contributed by atoms with E-state index in [2.05, 4.69) is 26.8 Å². The summed E-state index contributed by atoms with van der Waals surface area (Å²) in [5, 5.41) is 0. The van der Waals surface area contributed by atoms with Gasteiger partial charge in [-0.2, -0.15) is 0 Å². The van der Waals surface area contributed by atoms with Crippen molar-refractivity contribution in [3.8, 4) is 5.75 Å². The van der Waals surface area contributed by atoms with E-state index in [0.29, 0.717) is 35.8 Å². The molecule has 0 radical (unpaired) electrons. The highest BCUT2D eigenvalue weighted by atomic mass is 16.5. The van der Waals surface area contributed by atoms with Crippen molar-refractivity contribution in [2.45, 2.75) is 40.2 Å². The maximum atomic E-state index is 11.7. The van der Waals surface area contributed by atoms with Crippen molar-refractivity contribution >= 4 is 5.97 Å². The van der Waals surface area contributed by atoms with Crippen molar-refractivity contribution < 1.29 is 14.3 Å². The van der Waals surface area contributed by atoms with Crippen LogP contribution in [0.2, 0.25) is 0 Å². The van der Waals surface area contributed by atoms with Gasteiger partial charge in [0.25, 0.3) is 0 Å². The molecule has 124 valence electrons. The highest BCUT2D eigenvalue weighted by molar-refractivity contribution is 5.72. The first-order chi connectivity index (χ1) is 11.0. The molecule has 1 aromatic carbocycles. The van der Waals surface area contributed by atoms with Crippen LogP contribution in [0, 0.1) is 23.7 Å². The second-order valence-electron chi connectivity index (χ2n) is 6.94. The normalized spacial score (nSPS) is 33.0. The van der Waals surface area contributed by atoms with Crippen molar-refractivity contribution in [2.75, 3.05) is 6.61 Å². The summed E-state index contributed by atoms with van der Waals surface area (Å²) in [5.74, 6) is 2.50. The van der Waals surface area contributed by atoms with Gasteiger partial charge in [-0.1, -0.05) is 50.6 Å². The number of carbonyl (C=O) groups is 1. The average molecular weight is 314 g/mol. The summed E-state index contributed by atoms with van der Waals surface area (Å²) in [7, 11) is 0. The Bertz CT molecular complexity index is 619. The summed E-state index contributed by atoms with van der Waals surface area (Å²) in [6.45, 7) is 9.39. The summed E-state index contributed by atoms with van der Waals surface area (Å²) in [4.78, 5) is 11.7. The Hall–Kier alpha value is -1.61. The SMILES string of the molecule is CCC(=O)Oc1ccccc1[C@@H]1OC[C@@H]2[C@H](C)[C@H]1C(C)=C[C@@H]2C. The van der Waals surface area contributed by atoms with Crippen LogP contribution < -0.4 is 4.74 Å². The van der Waals surface area contributed by atoms with E-state index in [-0.39, 0.29) is 12.1 Å². The number of benzene rings is 1. The van der Waals surface area contributed by atoms with E-state index in [1.54, 1.807) is 0 Å². The third-order valence-corrected chi connectivity index (χ3v) is 5.50. The maximum absolute atomic E-state index is 11.7. The van der Waals surface area contributed by atoms with Crippen molar-refractivity contribution in [3.05, 3.63) is 41.5 Å². The van der Waals surface area contributed by atoms with Crippen LogP contribution in [0.15, 0.2) is 35.9 Å². The molecule has 2 aliphatic rings. The van der Waals surface area contributed by atoms with Crippen LogP contribution >= 0.6 is 0 Å². The lowest BCUT2D eigenvalue weighted by Gasteiger charge is -2.47. The molecule has 3 rings (SSSR count). The first-order valence-corrected chi connectivity index (χ1v) is 8.62. The van der Waals surface area contributed by atoms with Crippen molar-refractivity contribution in [3.63, 3.8) is 0 Å². The molecule has 3 nitrogen and oxygen atoms in total. The quantitative estimate of drug-likeness (QED) is 0.467. The van der Waals surface area contributed by atoms with Crippen LogP contribution in [0.4, 0.5) is 0 Å².